The fourth-order valence-corrected chi connectivity index (χ4v) is 3.74. The van der Waals surface area contributed by atoms with E-state index >= 15 is 0 Å². The van der Waals surface area contributed by atoms with Crippen molar-refractivity contribution in [3.8, 4) is 0 Å². The van der Waals surface area contributed by atoms with Crippen molar-refractivity contribution in [2.24, 2.45) is 0 Å². The van der Waals surface area contributed by atoms with Gasteiger partial charge in [0.2, 0.25) is 5.91 Å². The number of fused-ring (bicyclic) bond motifs is 1. The van der Waals surface area contributed by atoms with Gasteiger partial charge < -0.3 is 9.80 Å². The van der Waals surface area contributed by atoms with Gasteiger partial charge in [-0.1, -0.05) is 12.1 Å². The van der Waals surface area contributed by atoms with E-state index in [-0.39, 0.29) is 38.1 Å². The number of hydrogen-bond acceptors (Lipinski definition) is 4. The van der Waals surface area contributed by atoms with Crippen LogP contribution < -0.4 is 5.56 Å². The number of alkyl halides is 3. The number of piperazine rings is 1. The van der Waals surface area contributed by atoms with Gasteiger partial charge in [-0.3, -0.25) is 19.0 Å². The predicted molar refractivity (Wildman–Crippen MR) is 110 cm³/mol. The standard InChI is InChI=1S/C22H18F4N4O3/c23-14-5-6-18-16(11-14)21(33)30(13-27-18)12-19(31)28-7-9-29(10-8-28)20(32)15-3-1-2-4-17(15)22(24,25)26/h1-6,11,13H,7-10,12H2. The number of carbonyl (C=O) groups is 2. The fourth-order valence-electron chi connectivity index (χ4n) is 3.74. The van der Waals surface area contributed by atoms with Crippen molar-refractivity contribution in [1.82, 2.24) is 19.4 Å². The third-order valence-electron chi connectivity index (χ3n) is 5.47. The Morgan fingerprint density at radius 2 is 1.64 bits per heavy atom. The Balaban J connectivity index is 1.43. The number of aromatic nitrogens is 2. The van der Waals surface area contributed by atoms with Crippen molar-refractivity contribution in [2.75, 3.05) is 26.2 Å². The molecule has 1 saturated heterocycles. The minimum atomic E-state index is -4.66. The van der Waals surface area contributed by atoms with Crippen LogP contribution in [-0.4, -0.2) is 57.3 Å². The van der Waals surface area contributed by atoms with Crippen molar-refractivity contribution in [3.63, 3.8) is 0 Å². The van der Waals surface area contributed by atoms with E-state index in [0.29, 0.717) is 5.52 Å². The Bertz CT molecular complexity index is 1280. The lowest BCUT2D eigenvalue weighted by molar-refractivity contribution is -0.138. The van der Waals surface area contributed by atoms with Crippen LogP contribution in [0.4, 0.5) is 17.6 Å². The van der Waals surface area contributed by atoms with E-state index in [1.165, 1.54) is 40.4 Å². The molecule has 0 radical (unpaired) electrons. The fraction of sp³-hybridized carbons (Fsp3) is 0.273. The number of halogens is 4. The lowest BCUT2D eigenvalue weighted by atomic mass is 10.1. The van der Waals surface area contributed by atoms with Crippen LogP contribution in [0.2, 0.25) is 0 Å². The second kappa shape index (κ2) is 8.64. The molecule has 1 aliphatic rings. The molecule has 0 unspecified atom stereocenters. The number of rotatable bonds is 3. The van der Waals surface area contributed by atoms with Gasteiger partial charge in [0.15, 0.2) is 0 Å². The van der Waals surface area contributed by atoms with Crippen LogP contribution in [0.3, 0.4) is 0 Å². The summed E-state index contributed by atoms with van der Waals surface area (Å²) in [4.78, 5) is 44.6. The summed E-state index contributed by atoms with van der Waals surface area (Å²) in [5.74, 6) is -1.78. The molecule has 2 amide bonds. The second-order valence-electron chi connectivity index (χ2n) is 7.56. The van der Waals surface area contributed by atoms with Crippen LogP contribution in [0.25, 0.3) is 10.9 Å². The van der Waals surface area contributed by atoms with Gasteiger partial charge in [0.05, 0.1) is 28.4 Å². The summed E-state index contributed by atoms with van der Waals surface area (Å²) >= 11 is 0. The highest BCUT2D eigenvalue weighted by molar-refractivity contribution is 5.96. The first-order chi connectivity index (χ1) is 15.6. The summed E-state index contributed by atoms with van der Waals surface area (Å²) in [6.07, 6.45) is -3.46. The van der Waals surface area contributed by atoms with Gasteiger partial charge in [0, 0.05) is 26.2 Å². The van der Waals surface area contributed by atoms with Crippen molar-refractivity contribution in [2.45, 2.75) is 12.7 Å². The van der Waals surface area contributed by atoms with Crippen LogP contribution in [0, 0.1) is 5.82 Å². The molecular weight excluding hydrogens is 444 g/mol. The molecule has 7 nitrogen and oxygen atoms in total. The third kappa shape index (κ3) is 4.57. The first-order valence-corrected chi connectivity index (χ1v) is 10.0. The van der Waals surface area contributed by atoms with Crippen LogP contribution in [0.1, 0.15) is 15.9 Å². The van der Waals surface area contributed by atoms with Gasteiger partial charge in [0.1, 0.15) is 12.4 Å². The molecule has 0 atom stereocenters. The Kier molecular flexibility index (Phi) is 5.88. The highest BCUT2D eigenvalue weighted by Crippen LogP contribution is 2.32. The monoisotopic (exact) mass is 462 g/mol. The predicted octanol–water partition coefficient (Wildman–Crippen LogP) is 2.54. The van der Waals surface area contributed by atoms with Gasteiger partial charge in [-0.2, -0.15) is 13.2 Å². The van der Waals surface area contributed by atoms with E-state index in [1.807, 2.05) is 0 Å². The minimum absolute atomic E-state index is 0.0454. The second-order valence-corrected chi connectivity index (χ2v) is 7.56. The molecule has 0 bridgehead atoms. The first kappa shape index (κ1) is 22.4. The summed E-state index contributed by atoms with van der Waals surface area (Å²) < 4.78 is 54.2. The minimum Gasteiger partial charge on any atom is -0.338 e. The Hall–Kier alpha value is -3.76. The van der Waals surface area contributed by atoms with E-state index < -0.39 is 40.5 Å². The summed E-state index contributed by atoms with van der Waals surface area (Å²) in [5.41, 5.74) is -1.71. The quantitative estimate of drug-likeness (QED) is 0.561. The lowest BCUT2D eigenvalue weighted by Crippen LogP contribution is -2.51. The molecule has 3 aromatic rings. The van der Waals surface area contributed by atoms with E-state index in [4.69, 9.17) is 0 Å². The summed E-state index contributed by atoms with van der Waals surface area (Å²) in [7, 11) is 0. The lowest BCUT2D eigenvalue weighted by Gasteiger charge is -2.35. The van der Waals surface area contributed by atoms with E-state index in [9.17, 15) is 31.9 Å². The normalized spacial score (nSPS) is 14.5. The van der Waals surface area contributed by atoms with Crippen molar-refractivity contribution in [3.05, 3.63) is 76.1 Å². The molecule has 33 heavy (non-hydrogen) atoms. The molecule has 1 fully saturated rings. The average molecular weight is 462 g/mol. The largest absolute Gasteiger partial charge is 0.417 e. The van der Waals surface area contributed by atoms with Gasteiger partial charge in [-0.15, -0.1) is 0 Å². The number of amides is 2. The van der Waals surface area contributed by atoms with Crippen molar-refractivity contribution >= 4 is 22.7 Å². The number of carbonyl (C=O) groups excluding carboxylic acids is 2. The Labute approximate surface area is 184 Å². The average Bonchev–Trinajstić information content (AvgIpc) is 2.80. The van der Waals surface area contributed by atoms with E-state index in [1.54, 1.807) is 0 Å². The van der Waals surface area contributed by atoms with Crippen LogP contribution >= 0.6 is 0 Å². The van der Waals surface area contributed by atoms with E-state index in [2.05, 4.69) is 4.98 Å². The Morgan fingerprint density at radius 1 is 0.970 bits per heavy atom. The molecule has 1 aromatic heterocycles. The van der Waals surface area contributed by atoms with Crippen LogP contribution in [0.15, 0.2) is 53.6 Å². The zero-order chi connectivity index (χ0) is 23.8. The van der Waals surface area contributed by atoms with E-state index in [0.717, 1.165) is 22.8 Å². The molecule has 11 heteroatoms. The van der Waals surface area contributed by atoms with Crippen LogP contribution in [-0.2, 0) is 17.5 Å². The highest BCUT2D eigenvalue weighted by Gasteiger charge is 2.36. The molecule has 0 saturated carbocycles. The molecule has 172 valence electrons. The number of hydrogen-bond donors (Lipinski definition) is 0. The summed E-state index contributed by atoms with van der Waals surface area (Å²) in [6.45, 7) is -0.0326. The molecule has 4 rings (SSSR count). The van der Waals surface area contributed by atoms with Gasteiger partial charge in [-0.25, -0.2) is 9.37 Å². The van der Waals surface area contributed by atoms with Gasteiger partial charge >= 0.3 is 6.18 Å². The van der Waals surface area contributed by atoms with Crippen molar-refractivity contribution in [1.29, 1.82) is 0 Å². The SMILES string of the molecule is O=C(Cn1cnc2ccc(F)cc2c1=O)N1CCN(C(=O)c2ccccc2C(F)(F)F)CC1. The first-order valence-electron chi connectivity index (χ1n) is 10.0. The van der Waals surface area contributed by atoms with Crippen LogP contribution in [0.5, 0.6) is 0 Å². The maximum Gasteiger partial charge on any atom is 0.417 e. The van der Waals surface area contributed by atoms with Gasteiger partial charge in [0.25, 0.3) is 11.5 Å². The molecule has 0 spiro atoms. The zero-order valence-electron chi connectivity index (χ0n) is 17.2. The summed E-state index contributed by atoms with van der Waals surface area (Å²) in [5, 5.41) is 0.0454. The zero-order valence-corrected chi connectivity index (χ0v) is 17.2. The smallest absolute Gasteiger partial charge is 0.338 e. The molecule has 0 N–H and O–H groups in total. The topological polar surface area (TPSA) is 75.5 Å². The maximum atomic E-state index is 13.5. The number of nitrogens with zero attached hydrogens (tertiary/aromatic N) is 4. The molecule has 2 heterocycles. The third-order valence-corrected chi connectivity index (χ3v) is 5.47. The molecule has 1 aliphatic heterocycles. The van der Waals surface area contributed by atoms with Gasteiger partial charge in [-0.05, 0) is 30.3 Å². The summed E-state index contributed by atoms with van der Waals surface area (Å²) in [6, 6.07) is 8.16. The molecule has 2 aromatic carbocycles. The maximum absolute atomic E-state index is 13.5. The highest BCUT2D eigenvalue weighted by atomic mass is 19.4. The molecule has 0 aliphatic carbocycles. The molecular formula is C22H18F4N4O3. The Morgan fingerprint density at radius 3 is 2.33 bits per heavy atom. The van der Waals surface area contributed by atoms with Crippen molar-refractivity contribution < 1.29 is 27.2 Å². The number of benzene rings is 2.